The van der Waals surface area contributed by atoms with Gasteiger partial charge in [-0.25, -0.2) is 5.48 Å². The number of benzene rings is 1. The van der Waals surface area contributed by atoms with Crippen molar-refractivity contribution in [2.24, 2.45) is 5.92 Å². The summed E-state index contributed by atoms with van der Waals surface area (Å²) < 4.78 is 0. The summed E-state index contributed by atoms with van der Waals surface area (Å²) in [6, 6.07) is 9.34. The first-order valence-electron chi connectivity index (χ1n) is 6.44. The van der Waals surface area contributed by atoms with Crippen LogP contribution in [0, 0.1) is 5.92 Å². The zero-order valence-corrected chi connectivity index (χ0v) is 12.7. The van der Waals surface area contributed by atoms with E-state index < -0.39 is 17.4 Å². The molecule has 0 spiro atoms. The SMILES string of the molecule is CC(C)(C)ONC(=O)[C@@H](Cc1ccccc1)C(=O)CCl. The van der Waals surface area contributed by atoms with Crippen LogP contribution in [0.3, 0.4) is 0 Å². The number of Topliss-reactive ketones (excluding diaryl/α,β-unsaturated/α-hetero) is 1. The molecule has 0 fully saturated rings. The van der Waals surface area contributed by atoms with E-state index in [9.17, 15) is 9.59 Å². The van der Waals surface area contributed by atoms with E-state index in [2.05, 4.69) is 5.48 Å². The van der Waals surface area contributed by atoms with Crippen molar-refractivity contribution in [1.82, 2.24) is 5.48 Å². The van der Waals surface area contributed by atoms with Gasteiger partial charge in [-0.05, 0) is 32.8 Å². The normalized spacial score (nSPS) is 12.8. The Bertz CT molecular complexity index is 454. The molecule has 4 nitrogen and oxygen atoms in total. The molecular weight excluding hydrogens is 278 g/mol. The third-order valence-electron chi connectivity index (χ3n) is 2.58. The monoisotopic (exact) mass is 297 g/mol. The third-order valence-corrected chi connectivity index (χ3v) is 2.84. The molecule has 0 saturated carbocycles. The second-order valence-electron chi connectivity index (χ2n) is 5.52. The molecular formula is C15H20ClNO3. The quantitative estimate of drug-likeness (QED) is 0.499. The number of halogens is 1. The molecule has 0 saturated heterocycles. The molecule has 0 aliphatic heterocycles. The maximum absolute atomic E-state index is 12.1. The van der Waals surface area contributed by atoms with Gasteiger partial charge in [0.1, 0.15) is 5.92 Å². The highest BCUT2D eigenvalue weighted by Gasteiger charge is 2.27. The Morgan fingerprint density at radius 2 is 1.85 bits per heavy atom. The molecule has 1 atom stereocenters. The molecule has 1 N–H and O–H groups in total. The lowest BCUT2D eigenvalue weighted by molar-refractivity contribution is -0.152. The number of ketones is 1. The Balaban J connectivity index is 2.74. The smallest absolute Gasteiger partial charge is 0.254 e. The van der Waals surface area contributed by atoms with Gasteiger partial charge in [0.25, 0.3) is 5.91 Å². The highest BCUT2D eigenvalue weighted by atomic mass is 35.5. The minimum atomic E-state index is -0.836. The number of carbonyl (C=O) groups excluding carboxylic acids is 2. The van der Waals surface area contributed by atoms with Crippen molar-refractivity contribution in [3.05, 3.63) is 35.9 Å². The van der Waals surface area contributed by atoms with Crippen molar-refractivity contribution in [2.75, 3.05) is 5.88 Å². The first kappa shape index (κ1) is 16.7. The predicted molar refractivity (Wildman–Crippen MR) is 78.3 cm³/mol. The van der Waals surface area contributed by atoms with E-state index in [0.29, 0.717) is 6.42 Å². The van der Waals surface area contributed by atoms with Crippen LogP contribution in [-0.2, 0) is 20.8 Å². The highest BCUT2D eigenvalue weighted by molar-refractivity contribution is 6.29. The summed E-state index contributed by atoms with van der Waals surface area (Å²) in [4.78, 5) is 29.1. The topological polar surface area (TPSA) is 55.4 Å². The maximum Gasteiger partial charge on any atom is 0.254 e. The number of rotatable bonds is 6. The molecule has 0 heterocycles. The molecule has 5 heteroatoms. The molecule has 20 heavy (non-hydrogen) atoms. The molecule has 0 radical (unpaired) electrons. The van der Waals surface area contributed by atoms with Crippen molar-refractivity contribution in [3.63, 3.8) is 0 Å². The Hall–Kier alpha value is -1.39. The van der Waals surface area contributed by atoms with Gasteiger partial charge in [-0.15, -0.1) is 11.6 Å². The standard InChI is InChI=1S/C15H20ClNO3/c1-15(2,3)20-17-14(19)12(13(18)10-16)9-11-7-5-4-6-8-11/h4-8,12H,9-10H2,1-3H3,(H,17,19)/t12-/m0/s1. The minimum Gasteiger partial charge on any atom is -0.297 e. The second-order valence-corrected chi connectivity index (χ2v) is 5.79. The van der Waals surface area contributed by atoms with E-state index in [0.717, 1.165) is 5.56 Å². The van der Waals surface area contributed by atoms with Gasteiger partial charge in [0.05, 0.1) is 11.5 Å². The fraction of sp³-hybridized carbons (Fsp3) is 0.467. The van der Waals surface area contributed by atoms with E-state index in [-0.39, 0.29) is 11.7 Å². The summed E-state index contributed by atoms with van der Waals surface area (Å²) in [5.41, 5.74) is 2.73. The van der Waals surface area contributed by atoms with Crippen molar-refractivity contribution >= 4 is 23.3 Å². The van der Waals surface area contributed by atoms with E-state index in [1.807, 2.05) is 51.1 Å². The Morgan fingerprint density at radius 3 is 2.35 bits per heavy atom. The van der Waals surface area contributed by atoms with Crippen LogP contribution in [-0.4, -0.2) is 23.2 Å². The molecule has 0 aromatic heterocycles. The van der Waals surface area contributed by atoms with Gasteiger partial charge < -0.3 is 0 Å². The summed E-state index contributed by atoms with van der Waals surface area (Å²) in [6.45, 7) is 5.43. The number of hydroxylamine groups is 1. The summed E-state index contributed by atoms with van der Waals surface area (Å²) >= 11 is 5.58. The van der Waals surface area contributed by atoms with E-state index in [1.165, 1.54) is 0 Å². The van der Waals surface area contributed by atoms with Gasteiger partial charge in [-0.1, -0.05) is 30.3 Å². The van der Waals surface area contributed by atoms with Crippen LogP contribution >= 0.6 is 11.6 Å². The number of carbonyl (C=O) groups is 2. The highest BCUT2D eigenvalue weighted by Crippen LogP contribution is 2.12. The number of hydrogen-bond acceptors (Lipinski definition) is 3. The zero-order valence-electron chi connectivity index (χ0n) is 12.0. The van der Waals surface area contributed by atoms with Crippen LogP contribution in [0.15, 0.2) is 30.3 Å². The van der Waals surface area contributed by atoms with Crippen molar-refractivity contribution in [3.8, 4) is 0 Å². The van der Waals surface area contributed by atoms with E-state index in [1.54, 1.807) is 0 Å². The lowest BCUT2D eigenvalue weighted by atomic mass is 9.95. The molecule has 1 aromatic carbocycles. The van der Waals surface area contributed by atoms with Gasteiger partial charge in [0, 0.05) is 0 Å². The summed E-state index contributed by atoms with van der Waals surface area (Å²) in [7, 11) is 0. The number of amides is 1. The summed E-state index contributed by atoms with van der Waals surface area (Å²) in [5, 5.41) is 0. The first-order chi connectivity index (χ1) is 9.33. The molecule has 1 aromatic rings. The molecule has 0 unspecified atom stereocenters. The average molecular weight is 298 g/mol. The molecule has 1 rings (SSSR count). The number of nitrogens with one attached hydrogen (secondary N) is 1. The van der Waals surface area contributed by atoms with Crippen LogP contribution in [0.4, 0.5) is 0 Å². The van der Waals surface area contributed by atoms with Crippen LogP contribution < -0.4 is 5.48 Å². The predicted octanol–water partition coefficient (Wildman–Crippen LogP) is 2.50. The van der Waals surface area contributed by atoms with E-state index in [4.69, 9.17) is 16.4 Å². The number of hydrogen-bond donors (Lipinski definition) is 1. The Kier molecular flexibility index (Phi) is 6.17. The Labute approximate surface area is 124 Å². The number of alkyl halides is 1. The summed E-state index contributed by atoms with van der Waals surface area (Å²) in [5.74, 6) is -1.81. The lowest BCUT2D eigenvalue weighted by Crippen LogP contribution is -2.41. The molecule has 0 aliphatic rings. The van der Waals surface area contributed by atoms with Crippen LogP contribution in [0.5, 0.6) is 0 Å². The molecule has 0 aliphatic carbocycles. The largest absolute Gasteiger partial charge is 0.297 e. The second kappa shape index (κ2) is 7.41. The summed E-state index contributed by atoms with van der Waals surface area (Å²) in [6.07, 6.45) is 0.311. The van der Waals surface area contributed by atoms with Gasteiger partial charge in [0.15, 0.2) is 5.78 Å². The van der Waals surface area contributed by atoms with Crippen LogP contribution in [0.1, 0.15) is 26.3 Å². The van der Waals surface area contributed by atoms with Gasteiger partial charge in [-0.2, -0.15) is 0 Å². The molecule has 1 amide bonds. The third kappa shape index (κ3) is 5.72. The molecule has 0 bridgehead atoms. The van der Waals surface area contributed by atoms with Crippen molar-refractivity contribution < 1.29 is 14.4 Å². The average Bonchev–Trinajstić information content (AvgIpc) is 2.41. The Morgan fingerprint density at radius 1 is 1.25 bits per heavy atom. The van der Waals surface area contributed by atoms with Gasteiger partial charge >= 0.3 is 0 Å². The molecule has 110 valence electrons. The zero-order chi connectivity index (χ0) is 15.2. The fourth-order valence-corrected chi connectivity index (χ4v) is 1.76. The minimum absolute atomic E-state index is 0.194. The van der Waals surface area contributed by atoms with E-state index >= 15 is 0 Å². The fourth-order valence-electron chi connectivity index (χ4n) is 1.57. The first-order valence-corrected chi connectivity index (χ1v) is 6.97. The van der Waals surface area contributed by atoms with Crippen LogP contribution in [0.2, 0.25) is 0 Å². The van der Waals surface area contributed by atoms with Crippen molar-refractivity contribution in [2.45, 2.75) is 32.8 Å². The lowest BCUT2D eigenvalue weighted by Gasteiger charge is -2.21. The van der Waals surface area contributed by atoms with Crippen molar-refractivity contribution in [1.29, 1.82) is 0 Å². The maximum atomic E-state index is 12.1. The van der Waals surface area contributed by atoms with Gasteiger partial charge in [0.2, 0.25) is 0 Å². The van der Waals surface area contributed by atoms with Crippen LogP contribution in [0.25, 0.3) is 0 Å². The van der Waals surface area contributed by atoms with Gasteiger partial charge in [-0.3, -0.25) is 14.4 Å².